The van der Waals surface area contributed by atoms with Gasteiger partial charge in [0.05, 0.1) is 24.4 Å². The standard InChI is InChI=1S/C21H22F3N5O2S/c1-12-6-17-15(18-21(23,24)10-20(32,11-30)4-5-29(18)27-17)9-28(12)19(31)26-14-2-3-16(22)13(7-14)8-25/h2-3,7,12,30,32H,4-6,9-11H2,1H3,(H,26,31)/t12-,20+/m1/s1. The zero-order valence-electron chi connectivity index (χ0n) is 17.3. The van der Waals surface area contributed by atoms with Crippen LogP contribution in [0.2, 0.25) is 0 Å². The third-order valence-electron chi connectivity index (χ3n) is 6.06. The second-order valence-electron chi connectivity index (χ2n) is 8.43. The number of hydrogen-bond acceptors (Lipinski definition) is 5. The average molecular weight is 466 g/mol. The average Bonchev–Trinajstić information content (AvgIpc) is 3.06. The maximum absolute atomic E-state index is 15.2. The molecule has 0 spiro atoms. The molecule has 2 aliphatic heterocycles. The van der Waals surface area contributed by atoms with Crippen LogP contribution < -0.4 is 5.32 Å². The van der Waals surface area contributed by atoms with Gasteiger partial charge in [-0.1, -0.05) is 0 Å². The summed E-state index contributed by atoms with van der Waals surface area (Å²) in [6.45, 7) is 1.43. The molecule has 1 aromatic heterocycles. The number of amides is 2. The molecule has 4 rings (SSSR count). The lowest BCUT2D eigenvalue weighted by molar-refractivity contribution is -0.0325. The number of carbonyl (C=O) groups excluding carboxylic acids is 1. The van der Waals surface area contributed by atoms with E-state index in [4.69, 9.17) is 5.26 Å². The van der Waals surface area contributed by atoms with E-state index in [0.29, 0.717) is 17.7 Å². The lowest BCUT2D eigenvalue weighted by Crippen LogP contribution is -2.45. The van der Waals surface area contributed by atoms with E-state index in [1.807, 2.05) is 0 Å². The Morgan fingerprint density at radius 1 is 1.47 bits per heavy atom. The topological polar surface area (TPSA) is 94.2 Å². The first-order valence-corrected chi connectivity index (χ1v) is 10.6. The van der Waals surface area contributed by atoms with Gasteiger partial charge in [-0.25, -0.2) is 9.18 Å². The van der Waals surface area contributed by atoms with Crippen LogP contribution in [-0.4, -0.2) is 43.2 Å². The second kappa shape index (κ2) is 8.01. The van der Waals surface area contributed by atoms with Crippen molar-refractivity contribution < 1.29 is 23.1 Å². The van der Waals surface area contributed by atoms with E-state index in [1.54, 1.807) is 13.0 Å². The SMILES string of the molecule is C[C@@H]1Cc2nn3c(c2CN1C(=O)Nc1ccc(F)c(C#N)c1)C(F)(F)C[C@](S)(CO)CC3. The summed E-state index contributed by atoms with van der Waals surface area (Å²) in [6.07, 6.45) is -0.0922. The summed E-state index contributed by atoms with van der Waals surface area (Å²) in [5.74, 6) is -3.97. The van der Waals surface area contributed by atoms with Crippen molar-refractivity contribution in [1.82, 2.24) is 14.7 Å². The predicted molar refractivity (Wildman–Crippen MR) is 113 cm³/mol. The molecule has 3 heterocycles. The quantitative estimate of drug-likeness (QED) is 0.593. The van der Waals surface area contributed by atoms with Crippen LogP contribution in [0.1, 0.15) is 42.3 Å². The van der Waals surface area contributed by atoms with Gasteiger partial charge in [0.1, 0.15) is 17.6 Å². The molecular formula is C21H22F3N5O2S. The van der Waals surface area contributed by atoms with E-state index >= 15 is 8.78 Å². The Bertz CT molecular complexity index is 1120. The molecule has 0 radical (unpaired) electrons. The number of thiol groups is 1. The minimum atomic E-state index is -3.27. The summed E-state index contributed by atoms with van der Waals surface area (Å²) in [5.41, 5.74) is 0.608. The van der Waals surface area contributed by atoms with Crippen LogP contribution in [0.4, 0.5) is 23.7 Å². The van der Waals surface area contributed by atoms with Crippen molar-refractivity contribution in [3.8, 4) is 6.07 Å². The van der Waals surface area contributed by atoms with E-state index in [1.165, 1.54) is 21.7 Å². The van der Waals surface area contributed by atoms with Gasteiger partial charge in [-0.15, -0.1) is 0 Å². The van der Waals surface area contributed by atoms with Crippen LogP contribution in [0.25, 0.3) is 0 Å². The molecule has 170 valence electrons. The number of anilines is 1. The number of alkyl halides is 2. The van der Waals surface area contributed by atoms with Crippen LogP contribution >= 0.6 is 12.6 Å². The van der Waals surface area contributed by atoms with Gasteiger partial charge >= 0.3 is 6.03 Å². The number of aliphatic hydroxyl groups excluding tert-OH is 1. The van der Waals surface area contributed by atoms with E-state index < -0.39 is 35.5 Å². The Morgan fingerprint density at radius 3 is 2.91 bits per heavy atom. The third kappa shape index (κ3) is 3.93. The van der Waals surface area contributed by atoms with Crippen LogP contribution in [0.5, 0.6) is 0 Å². The molecule has 0 bridgehead atoms. The van der Waals surface area contributed by atoms with Crippen molar-refractivity contribution in [3.63, 3.8) is 0 Å². The number of aryl methyl sites for hydroxylation is 1. The number of aliphatic hydroxyl groups is 1. The highest BCUT2D eigenvalue weighted by atomic mass is 32.1. The molecule has 0 fully saturated rings. The van der Waals surface area contributed by atoms with Crippen LogP contribution in [-0.2, 0) is 25.4 Å². The fourth-order valence-electron chi connectivity index (χ4n) is 4.36. The van der Waals surface area contributed by atoms with Crippen molar-refractivity contribution in [1.29, 1.82) is 5.26 Å². The number of urea groups is 1. The number of carbonyl (C=O) groups is 1. The van der Waals surface area contributed by atoms with Crippen molar-refractivity contribution in [2.45, 2.75) is 56.0 Å². The third-order valence-corrected chi connectivity index (χ3v) is 6.59. The van der Waals surface area contributed by atoms with Crippen molar-refractivity contribution in [2.24, 2.45) is 0 Å². The number of nitriles is 1. The number of nitrogens with one attached hydrogen (secondary N) is 1. The van der Waals surface area contributed by atoms with Crippen molar-refractivity contribution in [2.75, 3.05) is 11.9 Å². The predicted octanol–water partition coefficient (Wildman–Crippen LogP) is 3.42. The van der Waals surface area contributed by atoms with Crippen LogP contribution in [0, 0.1) is 17.1 Å². The van der Waals surface area contributed by atoms with Gasteiger partial charge in [0.15, 0.2) is 0 Å². The highest BCUT2D eigenvalue weighted by Crippen LogP contribution is 2.46. The first-order chi connectivity index (χ1) is 15.1. The maximum atomic E-state index is 15.2. The second-order valence-corrected chi connectivity index (χ2v) is 9.38. The van der Waals surface area contributed by atoms with Gasteiger partial charge in [0.25, 0.3) is 5.92 Å². The van der Waals surface area contributed by atoms with Crippen LogP contribution in [0.15, 0.2) is 18.2 Å². The Hall–Kier alpha value is -2.71. The molecule has 32 heavy (non-hydrogen) atoms. The zero-order chi connectivity index (χ0) is 23.3. The molecule has 2 aliphatic rings. The normalized spacial score (nSPS) is 24.2. The smallest absolute Gasteiger partial charge is 0.322 e. The molecule has 2 N–H and O–H groups in total. The largest absolute Gasteiger partial charge is 0.395 e. The van der Waals surface area contributed by atoms with E-state index in [2.05, 4.69) is 23.0 Å². The molecule has 7 nitrogen and oxygen atoms in total. The highest BCUT2D eigenvalue weighted by Gasteiger charge is 2.49. The maximum Gasteiger partial charge on any atom is 0.322 e. The van der Waals surface area contributed by atoms with Crippen LogP contribution in [0.3, 0.4) is 0 Å². The lowest BCUT2D eigenvalue weighted by atomic mass is 9.93. The van der Waals surface area contributed by atoms with Crippen molar-refractivity contribution >= 4 is 24.3 Å². The summed E-state index contributed by atoms with van der Waals surface area (Å²) in [7, 11) is 0. The number of fused-ring (bicyclic) bond motifs is 3. The van der Waals surface area contributed by atoms with E-state index in [-0.39, 0.29) is 42.5 Å². The van der Waals surface area contributed by atoms with Gasteiger partial charge in [-0.05, 0) is 31.5 Å². The van der Waals surface area contributed by atoms with Gasteiger partial charge in [-0.2, -0.15) is 31.8 Å². The molecule has 11 heteroatoms. The molecule has 2 atom stereocenters. The Labute approximate surface area is 188 Å². The number of nitrogens with zero attached hydrogens (tertiary/aromatic N) is 4. The Morgan fingerprint density at radius 2 is 2.22 bits per heavy atom. The number of hydrogen-bond donors (Lipinski definition) is 3. The van der Waals surface area contributed by atoms with E-state index in [9.17, 15) is 14.3 Å². The lowest BCUT2D eigenvalue weighted by Gasteiger charge is -2.34. The number of rotatable bonds is 2. The van der Waals surface area contributed by atoms with Crippen molar-refractivity contribution in [3.05, 3.63) is 46.5 Å². The number of halogens is 3. The zero-order valence-corrected chi connectivity index (χ0v) is 18.2. The molecule has 0 saturated carbocycles. The summed E-state index contributed by atoms with van der Waals surface area (Å²) in [6, 6.07) is 4.47. The highest BCUT2D eigenvalue weighted by molar-refractivity contribution is 7.81. The van der Waals surface area contributed by atoms with E-state index in [0.717, 1.165) is 6.07 Å². The van der Waals surface area contributed by atoms with Gasteiger partial charge in [-0.3, -0.25) is 4.68 Å². The Kier molecular flexibility index (Phi) is 5.63. The summed E-state index contributed by atoms with van der Waals surface area (Å²) in [4.78, 5) is 14.3. The number of aromatic nitrogens is 2. The Balaban J connectivity index is 1.62. The van der Waals surface area contributed by atoms with Gasteiger partial charge in [0, 0.05) is 41.4 Å². The minimum absolute atomic E-state index is 0.0712. The molecule has 1 aromatic carbocycles. The number of benzene rings is 1. The summed E-state index contributed by atoms with van der Waals surface area (Å²) in [5, 5.41) is 25.5. The van der Waals surface area contributed by atoms with Gasteiger partial charge in [0.2, 0.25) is 0 Å². The first-order valence-electron chi connectivity index (χ1n) is 10.1. The fraction of sp³-hybridized carbons (Fsp3) is 0.476. The molecular weight excluding hydrogens is 443 g/mol. The molecule has 0 aliphatic carbocycles. The molecule has 0 unspecified atom stereocenters. The summed E-state index contributed by atoms with van der Waals surface area (Å²) < 4.78 is 44.1. The van der Waals surface area contributed by atoms with Gasteiger partial charge < -0.3 is 15.3 Å². The molecule has 2 aromatic rings. The first kappa shape index (κ1) is 22.5. The monoisotopic (exact) mass is 465 g/mol. The fourth-order valence-corrected chi connectivity index (χ4v) is 4.66. The minimum Gasteiger partial charge on any atom is -0.395 e. The molecule has 2 amide bonds. The summed E-state index contributed by atoms with van der Waals surface area (Å²) >= 11 is 4.29. The molecule has 0 saturated heterocycles.